The SMILES string of the molecule is CC(N)=O.CC1(C)CCc2oc(SNc3c4c(cc5c3CCC5)CCC4)cc2C1=O. The summed E-state index contributed by atoms with van der Waals surface area (Å²) in [4.78, 5) is 21.9. The molecule has 0 fully saturated rings. The van der Waals surface area contributed by atoms with Crippen molar-refractivity contribution < 1.29 is 14.0 Å². The van der Waals surface area contributed by atoms with Crippen molar-refractivity contribution in [3.05, 3.63) is 45.7 Å². The van der Waals surface area contributed by atoms with Gasteiger partial charge in [-0.05, 0) is 67.2 Å². The molecule has 1 aromatic heterocycles. The Kier molecular flexibility index (Phi) is 5.71. The number of benzene rings is 1. The summed E-state index contributed by atoms with van der Waals surface area (Å²) in [5.74, 6) is 0.748. The number of hydrogen-bond acceptors (Lipinski definition) is 5. The van der Waals surface area contributed by atoms with Gasteiger partial charge in [-0.1, -0.05) is 19.9 Å². The molecule has 0 radical (unpaired) electrons. The van der Waals surface area contributed by atoms with E-state index in [1.54, 1.807) is 0 Å². The summed E-state index contributed by atoms with van der Waals surface area (Å²) in [5.41, 5.74) is 12.4. The molecule has 1 heterocycles. The molecule has 6 heteroatoms. The molecular weight excluding hydrogens is 396 g/mol. The molecule has 0 unspecified atom stereocenters. The van der Waals surface area contributed by atoms with Gasteiger partial charge >= 0.3 is 0 Å². The molecule has 3 N–H and O–H groups in total. The molecule has 5 nitrogen and oxygen atoms in total. The maximum atomic E-state index is 12.6. The van der Waals surface area contributed by atoms with E-state index < -0.39 is 0 Å². The fraction of sp³-hybridized carbons (Fsp3) is 0.500. The van der Waals surface area contributed by atoms with Crippen LogP contribution in [0.25, 0.3) is 0 Å². The van der Waals surface area contributed by atoms with Crippen molar-refractivity contribution in [2.45, 2.75) is 77.2 Å². The molecule has 0 aliphatic heterocycles. The minimum atomic E-state index is -0.333. The molecule has 1 amide bonds. The van der Waals surface area contributed by atoms with E-state index in [1.807, 2.05) is 19.9 Å². The summed E-state index contributed by atoms with van der Waals surface area (Å²) in [6.07, 6.45) is 9.00. The standard InChI is InChI=1S/C22H25NO2S.C2H5NO/c1-22(2)10-9-18-17(21(22)24)12-19(25-18)26-23-20-15-7-3-5-13(15)11-14-6-4-8-16(14)20;1-2(3)4/h11-12,23H,3-10H2,1-2H3;1H3,(H2,3,4). The maximum Gasteiger partial charge on any atom is 0.214 e. The highest BCUT2D eigenvalue weighted by Crippen LogP contribution is 2.42. The smallest absolute Gasteiger partial charge is 0.214 e. The normalized spacial score (nSPS) is 18.2. The van der Waals surface area contributed by atoms with Crippen LogP contribution in [0.4, 0.5) is 5.69 Å². The number of aryl methyl sites for hydroxylation is 3. The van der Waals surface area contributed by atoms with Crippen LogP contribution < -0.4 is 10.5 Å². The number of fused-ring (bicyclic) bond motifs is 3. The number of hydrogen-bond donors (Lipinski definition) is 2. The van der Waals surface area contributed by atoms with E-state index in [2.05, 4.69) is 16.5 Å². The molecule has 0 saturated carbocycles. The van der Waals surface area contributed by atoms with E-state index in [0.29, 0.717) is 0 Å². The monoisotopic (exact) mass is 426 g/mol. The summed E-state index contributed by atoms with van der Waals surface area (Å²) in [6.45, 7) is 5.37. The predicted molar refractivity (Wildman–Crippen MR) is 120 cm³/mol. The van der Waals surface area contributed by atoms with E-state index >= 15 is 0 Å². The van der Waals surface area contributed by atoms with Gasteiger partial charge in [0, 0.05) is 36.8 Å². The molecule has 30 heavy (non-hydrogen) atoms. The quantitative estimate of drug-likeness (QED) is 0.673. The van der Waals surface area contributed by atoms with Gasteiger partial charge in [0.2, 0.25) is 5.91 Å². The Hall–Kier alpha value is -2.21. The molecular formula is C24H30N2O3S. The Labute approximate surface area is 182 Å². The Morgan fingerprint density at radius 1 is 1.07 bits per heavy atom. The Bertz CT molecular complexity index is 970. The third-order valence-corrected chi connectivity index (χ3v) is 7.06. The summed E-state index contributed by atoms with van der Waals surface area (Å²) in [5, 5.41) is 0.809. The lowest BCUT2D eigenvalue weighted by molar-refractivity contribution is -0.115. The van der Waals surface area contributed by atoms with Crippen molar-refractivity contribution in [3.8, 4) is 0 Å². The third kappa shape index (κ3) is 4.02. The van der Waals surface area contributed by atoms with Crippen LogP contribution in [-0.2, 0) is 36.9 Å². The van der Waals surface area contributed by atoms with E-state index in [-0.39, 0.29) is 17.1 Å². The summed E-state index contributed by atoms with van der Waals surface area (Å²) >= 11 is 1.53. The average molecular weight is 427 g/mol. The predicted octanol–water partition coefficient (Wildman–Crippen LogP) is 5.02. The second-order valence-corrected chi connectivity index (χ2v) is 9.97. The van der Waals surface area contributed by atoms with E-state index in [0.717, 1.165) is 29.3 Å². The van der Waals surface area contributed by atoms with Crippen LogP contribution >= 0.6 is 11.9 Å². The van der Waals surface area contributed by atoms with Crippen LogP contribution in [0.15, 0.2) is 21.6 Å². The molecule has 3 aliphatic rings. The third-order valence-electron chi connectivity index (χ3n) is 6.35. The molecule has 160 valence electrons. The zero-order valence-corrected chi connectivity index (χ0v) is 18.8. The lowest BCUT2D eigenvalue weighted by Gasteiger charge is -2.26. The zero-order chi connectivity index (χ0) is 21.5. The van der Waals surface area contributed by atoms with Crippen LogP contribution in [0, 0.1) is 5.41 Å². The second-order valence-electron chi connectivity index (χ2n) is 9.16. The van der Waals surface area contributed by atoms with E-state index in [4.69, 9.17) is 4.42 Å². The highest BCUT2D eigenvalue weighted by molar-refractivity contribution is 8.00. The van der Waals surface area contributed by atoms with Crippen LogP contribution in [0.2, 0.25) is 0 Å². The molecule has 3 aliphatic carbocycles. The topological polar surface area (TPSA) is 85.3 Å². The average Bonchev–Trinajstić information content (AvgIpc) is 3.40. The number of rotatable bonds is 3. The number of anilines is 1. The number of amides is 1. The number of nitrogens with two attached hydrogens (primary N) is 1. The van der Waals surface area contributed by atoms with Crippen molar-refractivity contribution in [1.29, 1.82) is 0 Å². The molecule has 0 spiro atoms. The van der Waals surface area contributed by atoms with E-state index in [9.17, 15) is 9.59 Å². The van der Waals surface area contributed by atoms with Crippen molar-refractivity contribution in [2.75, 3.05) is 4.72 Å². The minimum absolute atomic E-state index is 0.218. The van der Waals surface area contributed by atoms with Crippen LogP contribution in [0.1, 0.15) is 78.4 Å². The van der Waals surface area contributed by atoms with Crippen molar-refractivity contribution in [2.24, 2.45) is 11.1 Å². The molecule has 0 saturated heterocycles. The number of Topliss-reactive ketones (excluding diaryl/α,β-unsaturated/α-hetero) is 1. The molecule has 0 atom stereocenters. The van der Waals surface area contributed by atoms with Gasteiger partial charge in [-0.25, -0.2) is 0 Å². The van der Waals surface area contributed by atoms with Gasteiger partial charge < -0.3 is 14.9 Å². The zero-order valence-electron chi connectivity index (χ0n) is 18.0. The van der Waals surface area contributed by atoms with Crippen LogP contribution in [-0.4, -0.2) is 11.7 Å². The lowest BCUT2D eigenvalue weighted by Crippen LogP contribution is -2.29. The second kappa shape index (κ2) is 8.14. The summed E-state index contributed by atoms with van der Waals surface area (Å²) in [7, 11) is 0. The number of furan rings is 1. The van der Waals surface area contributed by atoms with Gasteiger partial charge in [-0.2, -0.15) is 0 Å². The number of carbonyl (C=O) groups is 2. The number of carbonyl (C=O) groups excluding carboxylic acids is 2. The van der Waals surface area contributed by atoms with Crippen molar-refractivity contribution in [3.63, 3.8) is 0 Å². The van der Waals surface area contributed by atoms with Crippen LogP contribution in [0.5, 0.6) is 0 Å². The first kappa shape index (κ1) is 21.0. The van der Waals surface area contributed by atoms with Gasteiger partial charge in [0.15, 0.2) is 10.9 Å². The Balaban J connectivity index is 0.000000503. The molecule has 1 aromatic carbocycles. The fourth-order valence-corrected chi connectivity index (χ4v) is 5.55. The number of ketones is 1. The lowest BCUT2D eigenvalue weighted by atomic mass is 9.76. The van der Waals surface area contributed by atoms with Gasteiger partial charge in [0.25, 0.3) is 0 Å². The van der Waals surface area contributed by atoms with Gasteiger partial charge in [0.05, 0.1) is 11.3 Å². The summed E-state index contributed by atoms with van der Waals surface area (Å²) in [6, 6.07) is 4.40. The van der Waals surface area contributed by atoms with E-state index in [1.165, 1.54) is 85.3 Å². The van der Waals surface area contributed by atoms with Crippen molar-refractivity contribution in [1.82, 2.24) is 0 Å². The molecule has 0 bridgehead atoms. The first-order valence-corrected chi connectivity index (χ1v) is 11.6. The highest BCUT2D eigenvalue weighted by Gasteiger charge is 2.36. The number of nitrogens with one attached hydrogen (secondary N) is 1. The van der Waals surface area contributed by atoms with Gasteiger partial charge in [0.1, 0.15) is 5.76 Å². The van der Waals surface area contributed by atoms with Gasteiger partial charge in [-0.3, -0.25) is 9.59 Å². The number of primary amides is 1. The largest absolute Gasteiger partial charge is 0.452 e. The Morgan fingerprint density at radius 2 is 1.67 bits per heavy atom. The first-order chi connectivity index (χ1) is 14.3. The highest BCUT2D eigenvalue weighted by atomic mass is 32.2. The molecule has 5 rings (SSSR count). The maximum absolute atomic E-state index is 12.6. The van der Waals surface area contributed by atoms with Gasteiger partial charge in [-0.15, -0.1) is 0 Å². The van der Waals surface area contributed by atoms with Crippen molar-refractivity contribution >= 4 is 29.3 Å². The fourth-order valence-electron chi connectivity index (χ4n) is 4.78. The Morgan fingerprint density at radius 3 is 2.27 bits per heavy atom. The minimum Gasteiger partial charge on any atom is -0.452 e. The summed E-state index contributed by atoms with van der Waals surface area (Å²) < 4.78 is 9.63. The van der Waals surface area contributed by atoms with Crippen LogP contribution in [0.3, 0.4) is 0 Å². The first-order valence-electron chi connectivity index (χ1n) is 10.8. The molecule has 2 aromatic rings.